The third-order valence-corrected chi connectivity index (χ3v) is 3.55. The Labute approximate surface area is 120 Å². The van der Waals surface area contributed by atoms with Crippen molar-refractivity contribution in [1.82, 2.24) is 20.4 Å². The maximum absolute atomic E-state index is 5.67. The van der Waals surface area contributed by atoms with Crippen LogP contribution >= 0.6 is 0 Å². The van der Waals surface area contributed by atoms with Gasteiger partial charge >= 0.3 is 0 Å². The third-order valence-electron chi connectivity index (χ3n) is 3.55. The van der Waals surface area contributed by atoms with Crippen LogP contribution in [0.2, 0.25) is 0 Å². The average Bonchev–Trinajstić information content (AvgIpc) is 2.86. The smallest absolute Gasteiger partial charge is 0.252 e. The van der Waals surface area contributed by atoms with Crippen molar-refractivity contribution in [3.8, 4) is 0 Å². The minimum atomic E-state index is -0.217. The summed E-state index contributed by atoms with van der Waals surface area (Å²) in [6.45, 7) is 14.6. The van der Waals surface area contributed by atoms with Crippen LogP contribution in [0, 0.1) is 0 Å². The van der Waals surface area contributed by atoms with E-state index in [9.17, 15) is 0 Å². The van der Waals surface area contributed by atoms with Crippen LogP contribution in [0.5, 0.6) is 0 Å². The predicted octanol–water partition coefficient (Wildman–Crippen LogP) is 1.52. The van der Waals surface area contributed by atoms with Crippen molar-refractivity contribution in [1.29, 1.82) is 0 Å². The second kappa shape index (κ2) is 5.79. The van der Waals surface area contributed by atoms with E-state index in [1.165, 1.54) is 0 Å². The number of nitrogens with one attached hydrogen (secondary N) is 1. The summed E-state index contributed by atoms with van der Waals surface area (Å²) in [5, 5.41) is 7.49. The van der Waals surface area contributed by atoms with Gasteiger partial charge in [0.25, 0.3) is 5.89 Å². The summed E-state index contributed by atoms with van der Waals surface area (Å²) < 4.78 is 11.0. The molecule has 0 spiro atoms. The van der Waals surface area contributed by atoms with Crippen LogP contribution in [0.3, 0.4) is 0 Å². The number of hydrogen-bond donors (Lipinski definition) is 1. The number of rotatable bonds is 4. The van der Waals surface area contributed by atoms with Gasteiger partial charge < -0.3 is 14.6 Å². The fourth-order valence-electron chi connectivity index (χ4n) is 2.21. The van der Waals surface area contributed by atoms with Gasteiger partial charge in [-0.05, 0) is 34.6 Å². The monoisotopic (exact) mass is 282 g/mol. The van der Waals surface area contributed by atoms with Crippen LogP contribution < -0.4 is 5.32 Å². The van der Waals surface area contributed by atoms with E-state index in [0.717, 1.165) is 32.0 Å². The van der Waals surface area contributed by atoms with E-state index in [4.69, 9.17) is 9.26 Å². The predicted molar refractivity (Wildman–Crippen MR) is 76.3 cm³/mol. The zero-order valence-corrected chi connectivity index (χ0v) is 13.2. The molecule has 1 aromatic rings. The number of aromatic nitrogens is 2. The highest BCUT2D eigenvalue weighted by Crippen LogP contribution is 2.25. The Bertz CT molecular complexity index is 431. The first kappa shape index (κ1) is 15.4. The van der Waals surface area contributed by atoms with Crippen molar-refractivity contribution in [3.63, 3.8) is 0 Å². The lowest BCUT2D eigenvalue weighted by Gasteiger charge is -2.38. The maximum Gasteiger partial charge on any atom is 0.252 e. The molecule has 1 aromatic heterocycles. The largest absolute Gasteiger partial charge is 0.366 e. The van der Waals surface area contributed by atoms with Crippen molar-refractivity contribution in [3.05, 3.63) is 11.7 Å². The zero-order chi connectivity index (χ0) is 14.8. The van der Waals surface area contributed by atoms with Gasteiger partial charge in [-0.15, -0.1) is 0 Å². The summed E-state index contributed by atoms with van der Waals surface area (Å²) in [5.41, 5.74) is -0.422. The molecule has 1 N–H and O–H groups in total. The Hall–Kier alpha value is -0.980. The first-order valence-corrected chi connectivity index (χ1v) is 7.22. The summed E-state index contributed by atoms with van der Waals surface area (Å²) in [6, 6.07) is 0. The Kier molecular flexibility index (Phi) is 4.46. The molecule has 6 heteroatoms. The van der Waals surface area contributed by atoms with Gasteiger partial charge in [-0.1, -0.05) is 5.16 Å². The fraction of sp³-hybridized carbons (Fsp3) is 0.857. The molecule has 20 heavy (non-hydrogen) atoms. The zero-order valence-electron chi connectivity index (χ0n) is 13.2. The summed E-state index contributed by atoms with van der Waals surface area (Å²) >= 11 is 0. The van der Waals surface area contributed by atoms with Gasteiger partial charge in [0.05, 0.1) is 11.1 Å². The quantitative estimate of drug-likeness (QED) is 0.903. The van der Waals surface area contributed by atoms with E-state index in [1.807, 2.05) is 20.8 Å². The van der Waals surface area contributed by atoms with Gasteiger partial charge in [-0.2, -0.15) is 4.98 Å². The minimum absolute atomic E-state index is 0.206. The van der Waals surface area contributed by atoms with Gasteiger partial charge in [0.1, 0.15) is 6.61 Å². The molecule has 1 aliphatic heterocycles. The lowest BCUT2D eigenvalue weighted by molar-refractivity contribution is -0.0260. The Balaban J connectivity index is 2.03. The highest BCUT2D eigenvalue weighted by Gasteiger charge is 2.34. The first-order chi connectivity index (χ1) is 9.29. The lowest BCUT2D eigenvalue weighted by atomic mass is 10.0. The molecule has 0 radical (unpaired) electrons. The number of ether oxygens (including phenoxy) is 1. The van der Waals surface area contributed by atoms with Gasteiger partial charge in [-0.3, -0.25) is 4.90 Å². The SMILES string of the molecule is CC(C)(C)OCc1nc(C(C)(C)N2CCNCC2)no1. The van der Waals surface area contributed by atoms with Gasteiger partial charge in [-0.25, -0.2) is 0 Å². The van der Waals surface area contributed by atoms with Crippen LogP contribution in [-0.2, 0) is 16.9 Å². The number of nitrogens with zero attached hydrogens (tertiary/aromatic N) is 3. The highest BCUT2D eigenvalue weighted by atomic mass is 16.5. The molecule has 0 amide bonds. The molecular formula is C14H26N4O2. The van der Waals surface area contributed by atoms with Crippen LogP contribution in [0.15, 0.2) is 4.52 Å². The van der Waals surface area contributed by atoms with Crippen LogP contribution in [0.1, 0.15) is 46.3 Å². The van der Waals surface area contributed by atoms with E-state index in [-0.39, 0.29) is 11.1 Å². The van der Waals surface area contributed by atoms with E-state index in [0.29, 0.717) is 12.5 Å². The normalized spacial score (nSPS) is 18.4. The molecule has 0 aliphatic carbocycles. The van der Waals surface area contributed by atoms with E-state index in [2.05, 4.69) is 34.2 Å². The minimum Gasteiger partial charge on any atom is -0.366 e. The maximum atomic E-state index is 5.67. The summed E-state index contributed by atoms with van der Waals surface area (Å²) in [4.78, 5) is 6.87. The molecule has 0 bridgehead atoms. The molecule has 114 valence electrons. The second-order valence-electron chi connectivity index (χ2n) is 6.71. The van der Waals surface area contributed by atoms with Gasteiger partial charge in [0, 0.05) is 26.2 Å². The van der Waals surface area contributed by atoms with E-state index in [1.54, 1.807) is 0 Å². The summed E-state index contributed by atoms with van der Waals surface area (Å²) in [7, 11) is 0. The molecule has 0 saturated carbocycles. The standard InChI is InChI=1S/C14H26N4O2/c1-13(2,3)19-10-11-16-12(17-20-11)14(4,5)18-8-6-15-7-9-18/h15H,6-10H2,1-5H3. The van der Waals surface area contributed by atoms with Gasteiger partial charge in [0.15, 0.2) is 5.82 Å². The number of piperazine rings is 1. The van der Waals surface area contributed by atoms with Crippen LogP contribution in [-0.4, -0.2) is 46.8 Å². The molecule has 2 rings (SSSR count). The van der Waals surface area contributed by atoms with Crippen LogP contribution in [0.25, 0.3) is 0 Å². The Morgan fingerprint density at radius 1 is 1.20 bits per heavy atom. The molecule has 1 fully saturated rings. The van der Waals surface area contributed by atoms with Crippen LogP contribution in [0.4, 0.5) is 0 Å². The molecule has 0 atom stereocenters. The third kappa shape index (κ3) is 3.77. The first-order valence-electron chi connectivity index (χ1n) is 7.22. The van der Waals surface area contributed by atoms with Crippen molar-refractivity contribution in [2.45, 2.75) is 52.4 Å². The second-order valence-corrected chi connectivity index (χ2v) is 6.71. The Morgan fingerprint density at radius 3 is 2.45 bits per heavy atom. The molecule has 0 unspecified atom stereocenters. The summed E-state index contributed by atoms with van der Waals surface area (Å²) in [6.07, 6.45) is 0. The molecular weight excluding hydrogens is 256 g/mol. The van der Waals surface area contributed by atoms with E-state index < -0.39 is 0 Å². The summed E-state index contributed by atoms with van der Waals surface area (Å²) in [5.74, 6) is 1.27. The topological polar surface area (TPSA) is 63.4 Å². The fourth-order valence-corrected chi connectivity index (χ4v) is 2.21. The molecule has 6 nitrogen and oxygen atoms in total. The number of hydrogen-bond acceptors (Lipinski definition) is 6. The van der Waals surface area contributed by atoms with Crippen molar-refractivity contribution in [2.24, 2.45) is 0 Å². The van der Waals surface area contributed by atoms with Crippen molar-refractivity contribution in [2.75, 3.05) is 26.2 Å². The molecule has 0 aromatic carbocycles. The highest BCUT2D eigenvalue weighted by molar-refractivity contribution is 5.02. The molecule has 1 aliphatic rings. The Morgan fingerprint density at radius 2 is 1.85 bits per heavy atom. The average molecular weight is 282 g/mol. The molecule has 1 saturated heterocycles. The van der Waals surface area contributed by atoms with Gasteiger partial charge in [0.2, 0.25) is 0 Å². The molecule has 2 heterocycles. The lowest BCUT2D eigenvalue weighted by Crippen LogP contribution is -2.52. The van der Waals surface area contributed by atoms with Crippen molar-refractivity contribution < 1.29 is 9.26 Å². The van der Waals surface area contributed by atoms with Crippen molar-refractivity contribution >= 4 is 0 Å². The van der Waals surface area contributed by atoms with E-state index >= 15 is 0 Å².